The summed E-state index contributed by atoms with van der Waals surface area (Å²) in [5.41, 5.74) is 2.99. The Kier molecular flexibility index (Phi) is 5.49. The van der Waals surface area contributed by atoms with Crippen LogP contribution in [0.1, 0.15) is 23.9 Å². The van der Waals surface area contributed by atoms with E-state index in [4.69, 9.17) is 0 Å². The van der Waals surface area contributed by atoms with Gasteiger partial charge in [-0.3, -0.25) is 4.79 Å². The van der Waals surface area contributed by atoms with Crippen LogP contribution in [0.3, 0.4) is 0 Å². The van der Waals surface area contributed by atoms with Gasteiger partial charge in [0, 0.05) is 12.2 Å². The van der Waals surface area contributed by atoms with Gasteiger partial charge in [0.2, 0.25) is 5.91 Å². The van der Waals surface area contributed by atoms with Gasteiger partial charge >= 0.3 is 12.3 Å². The lowest BCUT2D eigenvalue weighted by Gasteiger charge is -2.22. The van der Waals surface area contributed by atoms with Crippen molar-refractivity contribution in [3.05, 3.63) is 47.3 Å². The highest BCUT2D eigenvalue weighted by Crippen LogP contribution is 2.31. The molecule has 1 heterocycles. The van der Waals surface area contributed by atoms with Crippen LogP contribution >= 0.6 is 0 Å². The van der Waals surface area contributed by atoms with Crippen LogP contribution in [0.4, 0.5) is 17.6 Å². The second-order valence-electron chi connectivity index (χ2n) is 5.88. The number of hydrogen-bond donors (Lipinski definition) is 1. The van der Waals surface area contributed by atoms with Crippen molar-refractivity contribution in [2.75, 3.05) is 0 Å². The van der Waals surface area contributed by atoms with Crippen molar-refractivity contribution in [3.8, 4) is 5.69 Å². The van der Waals surface area contributed by atoms with E-state index in [1.807, 2.05) is 19.9 Å². The first kappa shape index (κ1) is 19.0. The third kappa shape index (κ3) is 4.00. The molecule has 1 atom stereocenters. The van der Waals surface area contributed by atoms with E-state index in [2.05, 4.69) is 10.4 Å². The van der Waals surface area contributed by atoms with E-state index in [0.717, 1.165) is 18.3 Å². The molecule has 1 aromatic carbocycles. The fraction of sp³-hybridized carbons (Fsp3) is 0.412. The van der Waals surface area contributed by atoms with Gasteiger partial charge in [-0.2, -0.15) is 13.9 Å². The number of carbonyl (C=O) groups is 1. The zero-order chi connectivity index (χ0) is 18.8. The lowest BCUT2D eigenvalue weighted by Crippen LogP contribution is -2.44. The number of amides is 1. The van der Waals surface area contributed by atoms with Gasteiger partial charge in [0.05, 0.1) is 11.4 Å². The lowest BCUT2D eigenvalue weighted by molar-refractivity contribution is -0.172. The number of nitrogens with zero attached hydrogens (tertiary/aromatic N) is 2. The van der Waals surface area contributed by atoms with Gasteiger partial charge in [-0.15, -0.1) is 0 Å². The molecule has 0 radical (unpaired) electrons. The summed E-state index contributed by atoms with van der Waals surface area (Å²) in [6, 6.07) is 8.87. The number of para-hydroxylation sites is 1. The lowest BCUT2D eigenvalue weighted by atomic mass is 10.0. The fourth-order valence-corrected chi connectivity index (χ4v) is 2.44. The van der Waals surface area contributed by atoms with Crippen LogP contribution in [-0.4, -0.2) is 28.0 Å². The van der Waals surface area contributed by atoms with Crippen molar-refractivity contribution in [1.29, 1.82) is 0 Å². The number of nitrogens with one attached hydrogen (secondary N) is 1. The minimum atomic E-state index is -4.38. The minimum absolute atomic E-state index is 0.0724. The van der Waals surface area contributed by atoms with Crippen LogP contribution in [0.2, 0.25) is 0 Å². The van der Waals surface area contributed by atoms with E-state index in [0.29, 0.717) is 11.3 Å². The van der Waals surface area contributed by atoms with Gasteiger partial charge < -0.3 is 5.32 Å². The molecule has 8 heteroatoms. The van der Waals surface area contributed by atoms with Crippen LogP contribution in [0.5, 0.6) is 0 Å². The molecule has 1 unspecified atom stereocenters. The van der Waals surface area contributed by atoms with E-state index in [1.165, 1.54) is 0 Å². The molecular formula is C17H19F4N3O. The number of aromatic nitrogens is 2. The zero-order valence-electron chi connectivity index (χ0n) is 14.1. The number of halogens is 4. The van der Waals surface area contributed by atoms with Crippen molar-refractivity contribution in [2.24, 2.45) is 5.92 Å². The van der Waals surface area contributed by atoms with Crippen molar-refractivity contribution in [2.45, 2.75) is 39.7 Å². The predicted molar refractivity (Wildman–Crippen MR) is 85.0 cm³/mol. The predicted octanol–water partition coefficient (Wildman–Crippen LogP) is 3.64. The Morgan fingerprint density at radius 1 is 1.28 bits per heavy atom. The first-order chi connectivity index (χ1) is 11.6. The second-order valence-corrected chi connectivity index (χ2v) is 5.88. The Hall–Kier alpha value is -2.38. The summed E-state index contributed by atoms with van der Waals surface area (Å²) in [6.07, 6.45) is -3.89. The van der Waals surface area contributed by atoms with E-state index in [-0.39, 0.29) is 6.54 Å². The van der Waals surface area contributed by atoms with Gasteiger partial charge in [-0.25, -0.2) is 13.5 Å². The number of benzene rings is 1. The smallest absolute Gasteiger partial charge is 0.318 e. The SMILES string of the molecule is Cc1cc(C)n(-c2ccccc2CNC(=O)C(C)C(F)(F)C(F)F)n1. The molecule has 0 fully saturated rings. The van der Waals surface area contributed by atoms with Crippen LogP contribution in [0.25, 0.3) is 5.69 Å². The molecule has 0 bridgehead atoms. The van der Waals surface area contributed by atoms with Gasteiger partial charge in [-0.1, -0.05) is 18.2 Å². The Balaban J connectivity index is 2.17. The maximum Gasteiger partial charge on any atom is 0.318 e. The maximum absolute atomic E-state index is 13.3. The maximum atomic E-state index is 13.3. The molecule has 0 aliphatic carbocycles. The molecule has 1 N–H and O–H groups in total. The van der Waals surface area contributed by atoms with Crippen LogP contribution in [0.15, 0.2) is 30.3 Å². The van der Waals surface area contributed by atoms with Crippen LogP contribution < -0.4 is 5.32 Å². The van der Waals surface area contributed by atoms with E-state index in [1.54, 1.807) is 28.9 Å². The van der Waals surface area contributed by atoms with E-state index >= 15 is 0 Å². The number of alkyl halides is 4. The Morgan fingerprint density at radius 3 is 2.48 bits per heavy atom. The summed E-state index contributed by atoms with van der Waals surface area (Å²) in [5, 5.41) is 6.65. The standard InChI is InChI=1S/C17H19F4N3O/c1-10-8-11(2)24(23-10)14-7-5-4-6-13(14)9-22-15(25)12(3)17(20,21)16(18)19/h4-8,12,16H,9H2,1-3H3,(H,22,25). The van der Waals surface area contributed by atoms with Crippen molar-refractivity contribution < 1.29 is 22.4 Å². The highest BCUT2D eigenvalue weighted by Gasteiger charge is 2.49. The summed E-state index contributed by atoms with van der Waals surface area (Å²) < 4.78 is 53.0. The third-order valence-electron chi connectivity index (χ3n) is 3.94. The van der Waals surface area contributed by atoms with Crippen molar-refractivity contribution in [1.82, 2.24) is 15.1 Å². The molecule has 2 rings (SSSR count). The van der Waals surface area contributed by atoms with Gasteiger partial charge in [0.15, 0.2) is 0 Å². The van der Waals surface area contributed by atoms with E-state index in [9.17, 15) is 22.4 Å². The molecule has 0 aliphatic rings. The molecule has 0 saturated carbocycles. The summed E-state index contributed by atoms with van der Waals surface area (Å²) in [7, 11) is 0. The molecule has 2 aromatic rings. The molecule has 4 nitrogen and oxygen atoms in total. The summed E-state index contributed by atoms with van der Waals surface area (Å²) in [6.45, 7) is 4.41. The first-order valence-electron chi connectivity index (χ1n) is 7.69. The minimum Gasteiger partial charge on any atom is -0.352 e. The summed E-state index contributed by atoms with van der Waals surface area (Å²) >= 11 is 0. The Bertz CT molecular complexity index is 758. The first-order valence-corrected chi connectivity index (χ1v) is 7.69. The van der Waals surface area contributed by atoms with Crippen LogP contribution in [-0.2, 0) is 11.3 Å². The average molecular weight is 357 g/mol. The topological polar surface area (TPSA) is 46.9 Å². The summed E-state index contributed by atoms with van der Waals surface area (Å²) in [4.78, 5) is 11.8. The fourth-order valence-electron chi connectivity index (χ4n) is 2.44. The molecule has 1 aromatic heterocycles. The van der Waals surface area contributed by atoms with Gasteiger partial charge in [-0.05, 0) is 38.5 Å². The zero-order valence-corrected chi connectivity index (χ0v) is 14.1. The summed E-state index contributed by atoms with van der Waals surface area (Å²) in [5.74, 6) is -7.64. The highest BCUT2D eigenvalue weighted by molar-refractivity contribution is 5.79. The third-order valence-corrected chi connectivity index (χ3v) is 3.94. The van der Waals surface area contributed by atoms with Crippen LogP contribution in [0, 0.1) is 19.8 Å². The number of rotatable bonds is 6. The van der Waals surface area contributed by atoms with Crippen molar-refractivity contribution in [3.63, 3.8) is 0 Å². The molecule has 136 valence electrons. The molecule has 1 amide bonds. The normalized spacial score (nSPS) is 13.1. The molecule has 0 spiro atoms. The molecular weight excluding hydrogens is 338 g/mol. The Morgan fingerprint density at radius 2 is 1.92 bits per heavy atom. The van der Waals surface area contributed by atoms with Gasteiger partial charge in [0.25, 0.3) is 0 Å². The average Bonchev–Trinajstić information content (AvgIpc) is 2.90. The monoisotopic (exact) mass is 357 g/mol. The molecule has 25 heavy (non-hydrogen) atoms. The quantitative estimate of drug-likeness (QED) is 0.803. The Labute approximate surface area is 142 Å². The van der Waals surface area contributed by atoms with Crippen molar-refractivity contribution >= 4 is 5.91 Å². The molecule has 0 aliphatic heterocycles. The van der Waals surface area contributed by atoms with E-state index < -0.39 is 24.2 Å². The number of aryl methyl sites for hydroxylation is 2. The number of carbonyl (C=O) groups excluding carboxylic acids is 1. The van der Waals surface area contributed by atoms with Gasteiger partial charge in [0.1, 0.15) is 5.92 Å². The second kappa shape index (κ2) is 7.25. The molecule has 0 saturated heterocycles. The highest BCUT2D eigenvalue weighted by atomic mass is 19.3. The largest absolute Gasteiger partial charge is 0.352 e. The number of hydrogen-bond acceptors (Lipinski definition) is 2.